The molecule has 2 amide bonds. The molecule has 0 spiro atoms. The first-order chi connectivity index (χ1) is 14.0. The molecule has 0 unspecified atom stereocenters. The average Bonchev–Trinajstić information content (AvgIpc) is 2.74. The predicted molar refractivity (Wildman–Crippen MR) is 119 cm³/mol. The van der Waals surface area contributed by atoms with Gasteiger partial charge in [0, 0.05) is 19.3 Å². The standard InChI is InChI=1S/C23H30N2O3S/c1-5-21(23(27)24-3)25(14-18-10-8-12-20(13-18)28-4)22(26)16-29-15-19-11-7-6-9-17(19)2/h6-13,21H,5,14-16H2,1-4H3,(H,24,27)/t21-/m1/s1. The molecule has 0 aliphatic carbocycles. The van der Waals surface area contributed by atoms with Crippen LogP contribution in [0.3, 0.4) is 0 Å². The second kappa shape index (κ2) is 11.5. The highest BCUT2D eigenvalue weighted by Gasteiger charge is 2.27. The zero-order valence-electron chi connectivity index (χ0n) is 17.6. The van der Waals surface area contributed by atoms with E-state index in [9.17, 15) is 9.59 Å². The smallest absolute Gasteiger partial charge is 0.242 e. The van der Waals surface area contributed by atoms with Crippen LogP contribution in [0.25, 0.3) is 0 Å². The van der Waals surface area contributed by atoms with Crippen molar-refractivity contribution in [3.63, 3.8) is 0 Å². The first-order valence-corrected chi connectivity index (χ1v) is 10.9. The number of thioether (sulfide) groups is 1. The van der Waals surface area contributed by atoms with Gasteiger partial charge in [0.1, 0.15) is 11.8 Å². The van der Waals surface area contributed by atoms with Gasteiger partial charge in [-0.1, -0.05) is 43.3 Å². The summed E-state index contributed by atoms with van der Waals surface area (Å²) in [5.41, 5.74) is 3.38. The minimum Gasteiger partial charge on any atom is -0.497 e. The van der Waals surface area contributed by atoms with E-state index in [4.69, 9.17) is 4.74 Å². The summed E-state index contributed by atoms with van der Waals surface area (Å²) in [6.07, 6.45) is 0.553. The van der Waals surface area contributed by atoms with Gasteiger partial charge < -0.3 is 15.0 Å². The lowest BCUT2D eigenvalue weighted by atomic mass is 10.1. The Morgan fingerprint density at radius 3 is 2.59 bits per heavy atom. The SMILES string of the molecule is CC[C@H](C(=O)NC)N(Cc1cccc(OC)c1)C(=O)CSCc1ccccc1C. The number of carbonyl (C=O) groups is 2. The summed E-state index contributed by atoms with van der Waals surface area (Å²) in [4.78, 5) is 27.2. The van der Waals surface area contributed by atoms with Crippen LogP contribution in [0.5, 0.6) is 5.75 Å². The Kier molecular flexibility index (Phi) is 9.06. The lowest BCUT2D eigenvalue weighted by molar-refractivity contribution is -0.139. The van der Waals surface area contributed by atoms with Gasteiger partial charge >= 0.3 is 0 Å². The van der Waals surface area contributed by atoms with Crippen LogP contribution in [0.1, 0.15) is 30.0 Å². The number of hydrogen-bond acceptors (Lipinski definition) is 4. The number of methoxy groups -OCH3 is 1. The quantitative estimate of drug-likeness (QED) is 0.643. The molecule has 2 aromatic rings. The first kappa shape index (κ1) is 22.8. The van der Waals surface area contributed by atoms with Gasteiger partial charge in [-0.25, -0.2) is 0 Å². The third-order valence-electron chi connectivity index (χ3n) is 4.86. The van der Waals surface area contributed by atoms with Crippen LogP contribution in [0, 0.1) is 6.92 Å². The Morgan fingerprint density at radius 2 is 1.93 bits per heavy atom. The maximum Gasteiger partial charge on any atom is 0.242 e. The number of rotatable bonds is 10. The van der Waals surface area contributed by atoms with E-state index in [-0.39, 0.29) is 11.8 Å². The second-order valence-corrected chi connectivity index (χ2v) is 7.82. The summed E-state index contributed by atoms with van der Waals surface area (Å²) in [5, 5.41) is 2.68. The number of nitrogens with zero attached hydrogens (tertiary/aromatic N) is 1. The third kappa shape index (κ3) is 6.53. The zero-order chi connectivity index (χ0) is 21.2. The Balaban J connectivity index is 2.13. The third-order valence-corrected chi connectivity index (χ3v) is 5.83. The van der Waals surface area contributed by atoms with Gasteiger partial charge in [0.15, 0.2) is 0 Å². The molecule has 0 bridgehead atoms. The maximum atomic E-state index is 13.1. The van der Waals surface area contributed by atoms with E-state index >= 15 is 0 Å². The summed E-state index contributed by atoms with van der Waals surface area (Å²) in [6.45, 7) is 4.37. The molecule has 1 atom stereocenters. The van der Waals surface area contributed by atoms with Gasteiger partial charge in [0.05, 0.1) is 12.9 Å². The van der Waals surface area contributed by atoms with Crippen LogP contribution >= 0.6 is 11.8 Å². The number of amides is 2. The summed E-state index contributed by atoms with van der Waals surface area (Å²) in [6, 6.07) is 15.3. The van der Waals surface area contributed by atoms with E-state index in [1.54, 1.807) is 30.8 Å². The largest absolute Gasteiger partial charge is 0.497 e. The van der Waals surface area contributed by atoms with Crippen molar-refractivity contribution >= 4 is 23.6 Å². The van der Waals surface area contributed by atoms with E-state index in [1.165, 1.54) is 11.1 Å². The highest BCUT2D eigenvalue weighted by atomic mass is 32.2. The van der Waals surface area contributed by atoms with Crippen LogP contribution in [-0.2, 0) is 21.9 Å². The maximum absolute atomic E-state index is 13.1. The monoisotopic (exact) mass is 414 g/mol. The molecule has 156 valence electrons. The molecule has 2 aromatic carbocycles. The lowest BCUT2D eigenvalue weighted by Crippen LogP contribution is -2.48. The van der Waals surface area contributed by atoms with E-state index in [2.05, 4.69) is 24.4 Å². The van der Waals surface area contributed by atoms with E-state index in [0.29, 0.717) is 18.7 Å². The molecule has 5 nitrogen and oxygen atoms in total. The van der Waals surface area contributed by atoms with Crippen molar-refractivity contribution in [3.8, 4) is 5.75 Å². The van der Waals surface area contributed by atoms with E-state index in [0.717, 1.165) is 17.1 Å². The van der Waals surface area contributed by atoms with E-state index < -0.39 is 6.04 Å². The minimum absolute atomic E-state index is 0.0399. The Bertz CT molecular complexity index is 825. The van der Waals surface area contributed by atoms with Crippen LogP contribution < -0.4 is 10.1 Å². The molecule has 0 saturated carbocycles. The molecule has 1 N–H and O–H groups in total. The highest BCUT2D eigenvalue weighted by Crippen LogP contribution is 2.20. The first-order valence-electron chi connectivity index (χ1n) is 9.76. The highest BCUT2D eigenvalue weighted by molar-refractivity contribution is 7.99. The Labute approximate surface area is 177 Å². The molecule has 0 fully saturated rings. The zero-order valence-corrected chi connectivity index (χ0v) is 18.4. The van der Waals surface area contributed by atoms with Gasteiger partial charge in [0.2, 0.25) is 11.8 Å². The molecule has 0 aliphatic rings. The molecule has 0 heterocycles. The van der Waals surface area contributed by atoms with Gasteiger partial charge in [-0.05, 0) is 42.2 Å². The Morgan fingerprint density at radius 1 is 1.17 bits per heavy atom. The number of ether oxygens (including phenoxy) is 1. The fourth-order valence-corrected chi connectivity index (χ4v) is 4.14. The number of aryl methyl sites for hydroxylation is 1. The fraction of sp³-hybridized carbons (Fsp3) is 0.391. The molecule has 0 saturated heterocycles. The molecule has 0 aliphatic heterocycles. The van der Waals surface area contributed by atoms with Gasteiger partial charge in [-0.3, -0.25) is 9.59 Å². The number of likely N-dealkylation sites (N-methyl/N-ethyl adjacent to an activating group) is 1. The van der Waals surface area contributed by atoms with Crippen molar-refractivity contribution < 1.29 is 14.3 Å². The van der Waals surface area contributed by atoms with Crippen molar-refractivity contribution in [2.24, 2.45) is 0 Å². The lowest BCUT2D eigenvalue weighted by Gasteiger charge is -2.30. The second-order valence-electron chi connectivity index (χ2n) is 6.83. The summed E-state index contributed by atoms with van der Waals surface area (Å²) < 4.78 is 5.29. The molecule has 29 heavy (non-hydrogen) atoms. The molecule has 0 radical (unpaired) electrons. The molecular weight excluding hydrogens is 384 g/mol. The number of benzene rings is 2. The van der Waals surface area contributed by atoms with Crippen LogP contribution in [0.2, 0.25) is 0 Å². The average molecular weight is 415 g/mol. The van der Waals surface area contributed by atoms with Crippen LogP contribution in [0.4, 0.5) is 0 Å². The molecule has 6 heteroatoms. The van der Waals surface area contributed by atoms with Gasteiger partial charge in [0.25, 0.3) is 0 Å². The van der Waals surface area contributed by atoms with Crippen molar-refractivity contribution in [2.75, 3.05) is 19.9 Å². The number of nitrogens with one attached hydrogen (secondary N) is 1. The van der Waals surface area contributed by atoms with Crippen LogP contribution in [0.15, 0.2) is 48.5 Å². The topological polar surface area (TPSA) is 58.6 Å². The Hall–Kier alpha value is -2.47. The molecular formula is C23H30N2O3S. The van der Waals surface area contributed by atoms with E-state index in [1.807, 2.05) is 43.3 Å². The number of carbonyl (C=O) groups excluding carboxylic acids is 2. The molecule has 2 rings (SSSR count). The van der Waals surface area contributed by atoms with Crippen LogP contribution in [-0.4, -0.2) is 42.7 Å². The minimum atomic E-state index is -0.502. The summed E-state index contributed by atoms with van der Waals surface area (Å²) in [5.74, 6) is 1.64. The normalized spacial score (nSPS) is 11.6. The number of hydrogen-bond donors (Lipinski definition) is 1. The fourth-order valence-electron chi connectivity index (χ4n) is 3.16. The molecule has 0 aromatic heterocycles. The summed E-state index contributed by atoms with van der Waals surface area (Å²) in [7, 11) is 3.22. The van der Waals surface area contributed by atoms with Gasteiger partial charge in [-0.2, -0.15) is 0 Å². The van der Waals surface area contributed by atoms with Crippen molar-refractivity contribution in [3.05, 3.63) is 65.2 Å². The van der Waals surface area contributed by atoms with Crippen molar-refractivity contribution in [2.45, 2.75) is 38.6 Å². The predicted octanol–water partition coefficient (Wildman–Crippen LogP) is 3.79. The van der Waals surface area contributed by atoms with Crippen molar-refractivity contribution in [1.29, 1.82) is 0 Å². The summed E-state index contributed by atoms with van der Waals surface area (Å²) >= 11 is 1.57. The van der Waals surface area contributed by atoms with Gasteiger partial charge in [-0.15, -0.1) is 11.8 Å². The van der Waals surface area contributed by atoms with Crippen molar-refractivity contribution in [1.82, 2.24) is 10.2 Å².